The smallest absolute Gasteiger partial charge is 0.123 e. The minimum atomic E-state index is -0.243. The van der Waals surface area contributed by atoms with Crippen LogP contribution in [0.15, 0.2) is 48.5 Å². The molecule has 2 atom stereocenters. The molecule has 2 heterocycles. The minimum Gasteiger partial charge on any atom is -0.785 e. The molecule has 0 N–H and O–H groups in total. The van der Waals surface area contributed by atoms with Gasteiger partial charge in [0.1, 0.15) is 11.6 Å². The van der Waals surface area contributed by atoms with E-state index >= 15 is 0 Å². The maximum atomic E-state index is 13.4. The van der Waals surface area contributed by atoms with Crippen molar-refractivity contribution in [3.8, 4) is 0 Å². The first-order valence-corrected chi connectivity index (χ1v) is 11.4. The highest BCUT2D eigenvalue weighted by Crippen LogP contribution is 2.30. The lowest BCUT2D eigenvalue weighted by Gasteiger charge is -2.53. The minimum absolute atomic E-state index is 0.109. The van der Waals surface area contributed by atoms with Crippen LogP contribution in [0.25, 0.3) is 0 Å². The van der Waals surface area contributed by atoms with E-state index in [-0.39, 0.29) is 23.6 Å². The van der Waals surface area contributed by atoms with Crippen molar-refractivity contribution in [3.63, 3.8) is 0 Å². The van der Waals surface area contributed by atoms with Crippen LogP contribution in [0, 0.1) is 16.8 Å². The first-order chi connectivity index (χ1) is 15.0. The van der Waals surface area contributed by atoms with Crippen molar-refractivity contribution >= 4 is 0 Å². The fourth-order valence-corrected chi connectivity index (χ4v) is 5.04. The molecule has 2 aliphatic heterocycles. The fourth-order valence-electron chi connectivity index (χ4n) is 5.04. The highest BCUT2D eigenvalue weighted by molar-refractivity contribution is 5.32. The molecule has 2 fully saturated rings. The second-order valence-corrected chi connectivity index (χ2v) is 8.93. The topological polar surface area (TPSA) is 32.8 Å². The van der Waals surface area contributed by atoms with Crippen molar-refractivity contribution in [2.45, 2.75) is 50.6 Å². The van der Waals surface area contributed by atoms with E-state index in [1.54, 1.807) is 0 Å². The third-order valence-electron chi connectivity index (χ3n) is 6.90. The molecule has 2 unspecified atom stereocenters. The Morgan fingerprint density at radius 3 is 2.16 bits per heavy atom. The maximum absolute atomic E-state index is 13.4. The third-order valence-corrected chi connectivity index (χ3v) is 6.90. The van der Waals surface area contributed by atoms with Gasteiger partial charge in [-0.05, 0) is 67.6 Å². The number of rotatable bonds is 7. The molecular weight excluding hydrogens is 396 g/mol. The average Bonchev–Trinajstić information content (AvgIpc) is 2.78. The molecule has 0 aromatic heterocycles. The van der Waals surface area contributed by atoms with Gasteiger partial charge in [-0.1, -0.05) is 31.2 Å². The van der Waals surface area contributed by atoms with Gasteiger partial charge in [0.2, 0.25) is 0 Å². The molecule has 6 heteroatoms. The van der Waals surface area contributed by atoms with Crippen LogP contribution in [0.2, 0.25) is 0 Å². The van der Waals surface area contributed by atoms with Crippen LogP contribution in [0.5, 0.6) is 0 Å². The van der Waals surface area contributed by atoms with Gasteiger partial charge in [0, 0.05) is 37.6 Å². The van der Waals surface area contributed by atoms with E-state index in [9.17, 15) is 14.0 Å². The number of piperazine rings is 1. The second kappa shape index (κ2) is 10.2. The SMILES string of the molecule is CCC1CN2CN(CCCC(c3ccc(F)cc3)c3ccc(F)cc3)CCC2CN1[O-]. The fraction of sp³-hybridized carbons (Fsp3) is 0.520. The molecule has 0 radical (unpaired) electrons. The number of halogens is 2. The zero-order valence-electron chi connectivity index (χ0n) is 18.2. The van der Waals surface area contributed by atoms with Crippen LogP contribution in [0.1, 0.15) is 49.7 Å². The lowest BCUT2D eigenvalue weighted by Crippen LogP contribution is -2.61. The number of hydrogen-bond donors (Lipinski definition) is 0. The van der Waals surface area contributed by atoms with Crippen molar-refractivity contribution in [2.75, 3.05) is 32.8 Å². The Kier molecular flexibility index (Phi) is 7.33. The summed E-state index contributed by atoms with van der Waals surface area (Å²) >= 11 is 0. The van der Waals surface area contributed by atoms with E-state index in [2.05, 4.69) is 16.7 Å². The molecule has 0 amide bonds. The predicted molar refractivity (Wildman–Crippen MR) is 120 cm³/mol. The molecule has 4 nitrogen and oxygen atoms in total. The summed E-state index contributed by atoms with van der Waals surface area (Å²) in [6.07, 6.45) is 3.85. The predicted octanol–water partition coefficient (Wildman–Crippen LogP) is 4.80. The molecule has 0 spiro atoms. The van der Waals surface area contributed by atoms with Gasteiger partial charge in [-0.2, -0.15) is 0 Å². The normalized spacial score (nSPS) is 23.3. The Morgan fingerprint density at radius 2 is 1.58 bits per heavy atom. The molecule has 2 aliphatic rings. The van der Waals surface area contributed by atoms with Crippen LogP contribution in [-0.4, -0.2) is 59.8 Å². The van der Waals surface area contributed by atoms with Gasteiger partial charge in [0.05, 0.1) is 6.67 Å². The monoisotopic (exact) mass is 428 g/mol. The second-order valence-electron chi connectivity index (χ2n) is 8.93. The van der Waals surface area contributed by atoms with Crippen LogP contribution in [-0.2, 0) is 0 Å². The Morgan fingerprint density at radius 1 is 0.968 bits per heavy atom. The first-order valence-electron chi connectivity index (χ1n) is 11.4. The van der Waals surface area contributed by atoms with Crippen molar-refractivity contribution in [1.29, 1.82) is 0 Å². The lowest BCUT2D eigenvalue weighted by molar-refractivity contribution is -0.0247. The van der Waals surface area contributed by atoms with Crippen LogP contribution in [0.4, 0.5) is 8.78 Å². The van der Waals surface area contributed by atoms with Crippen molar-refractivity contribution in [1.82, 2.24) is 14.9 Å². The Hall–Kier alpha value is -1.86. The molecule has 2 aromatic carbocycles. The van der Waals surface area contributed by atoms with E-state index in [1.165, 1.54) is 29.3 Å². The number of fused-ring (bicyclic) bond motifs is 1. The first kappa shape index (κ1) is 22.3. The molecule has 4 rings (SSSR count). The maximum Gasteiger partial charge on any atom is 0.123 e. The van der Waals surface area contributed by atoms with Gasteiger partial charge in [-0.3, -0.25) is 9.80 Å². The molecule has 31 heavy (non-hydrogen) atoms. The molecule has 168 valence electrons. The van der Waals surface area contributed by atoms with Crippen LogP contribution in [0.3, 0.4) is 0 Å². The van der Waals surface area contributed by atoms with E-state index in [4.69, 9.17) is 0 Å². The lowest BCUT2D eigenvalue weighted by atomic mass is 9.87. The van der Waals surface area contributed by atoms with Gasteiger partial charge in [0.15, 0.2) is 0 Å². The molecular formula is C25H32F2N3O-. The largest absolute Gasteiger partial charge is 0.785 e. The standard InChI is InChI=1S/C25H32F2N3O/c1-2-23-16-29-18-28(15-13-24(29)17-30(23)31)14-3-4-25(19-5-9-21(26)10-6-19)20-7-11-22(27)12-8-20/h5-12,23-25H,2-4,13-18H2,1H3/q-1. The van der Waals surface area contributed by atoms with Crippen molar-refractivity contribution < 1.29 is 8.78 Å². The zero-order valence-corrected chi connectivity index (χ0v) is 18.2. The van der Waals surface area contributed by atoms with Gasteiger partial charge in [0.25, 0.3) is 0 Å². The summed E-state index contributed by atoms with van der Waals surface area (Å²) < 4.78 is 26.9. The van der Waals surface area contributed by atoms with Gasteiger partial charge >= 0.3 is 0 Å². The van der Waals surface area contributed by atoms with E-state index in [0.717, 1.165) is 63.1 Å². The van der Waals surface area contributed by atoms with E-state index in [0.29, 0.717) is 12.6 Å². The quantitative estimate of drug-likeness (QED) is 0.634. The number of hydroxylamine groups is 2. The van der Waals surface area contributed by atoms with Crippen LogP contribution < -0.4 is 0 Å². The summed E-state index contributed by atoms with van der Waals surface area (Å²) in [6, 6.07) is 13.8. The number of nitrogens with zero attached hydrogens (tertiary/aromatic N) is 3. The Labute approximate surface area is 184 Å². The molecule has 0 aliphatic carbocycles. The van der Waals surface area contributed by atoms with Gasteiger partial charge in [-0.25, -0.2) is 8.78 Å². The molecule has 0 bridgehead atoms. The highest BCUT2D eigenvalue weighted by Gasteiger charge is 2.32. The van der Waals surface area contributed by atoms with Crippen molar-refractivity contribution in [2.24, 2.45) is 0 Å². The summed E-state index contributed by atoms with van der Waals surface area (Å²) in [5.41, 5.74) is 2.12. The Bertz CT molecular complexity index is 784. The van der Waals surface area contributed by atoms with Gasteiger partial charge < -0.3 is 10.3 Å². The zero-order chi connectivity index (χ0) is 21.8. The van der Waals surface area contributed by atoms with E-state index in [1.807, 2.05) is 24.3 Å². The Balaban J connectivity index is 1.36. The summed E-state index contributed by atoms with van der Waals surface area (Å²) in [5, 5.41) is 13.4. The molecule has 2 aromatic rings. The number of hydrogen-bond acceptors (Lipinski definition) is 4. The molecule has 2 saturated heterocycles. The summed E-state index contributed by atoms with van der Waals surface area (Å²) in [7, 11) is 0. The highest BCUT2D eigenvalue weighted by atomic mass is 19.1. The molecule has 0 saturated carbocycles. The third kappa shape index (κ3) is 5.50. The van der Waals surface area contributed by atoms with Gasteiger partial charge in [-0.15, -0.1) is 0 Å². The number of benzene rings is 2. The van der Waals surface area contributed by atoms with Crippen molar-refractivity contribution in [3.05, 3.63) is 76.5 Å². The average molecular weight is 429 g/mol. The van der Waals surface area contributed by atoms with E-state index < -0.39 is 0 Å². The van der Waals surface area contributed by atoms with Crippen LogP contribution >= 0.6 is 0 Å². The summed E-state index contributed by atoms with van der Waals surface area (Å²) in [5.74, 6) is -0.367. The summed E-state index contributed by atoms with van der Waals surface area (Å²) in [6.45, 7) is 6.50. The summed E-state index contributed by atoms with van der Waals surface area (Å²) in [4.78, 5) is 4.96.